The van der Waals surface area contributed by atoms with Gasteiger partial charge in [0.1, 0.15) is 0 Å². The van der Waals surface area contributed by atoms with Crippen LogP contribution in [0.3, 0.4) is 0 Å². The molecule has 8 nitrogen and oxygen atoms in total. The smallest absolute Gasteiger partial charge is 0.274 e. The van der Waals surface area contributed by atoms with E-state index in [1.54, 1.807) is 25.2 Å². The molecule has 1 heterocycles. The van der Waals surface area contributed by atoms with Crippen molar-refractivity contribution in [2.75, 3.05) is 33.4 Å². The lowest BCUT2D eigenvalue weighted by Gasteiger charge is -2.27. The minimum atomic E-state index is -0.366. The molecule has 8 heteroatoms. The number of ether oxygens (including phenoxy) is 1. The highest BCUT2D eigenvalue weighted by molar-refractivity contribution is 5.79. The number of nitro groups is 1. The zero-order valence-electron chi connectivity index (χ0n) is 16.6. The molecule has 154 valence electrons. The normalized spacial score (nSPS) is 15.1. The number of hydrogen-bond acceptors (Lipinski definition) is 5. The molecule has 0 aromatic heterocycles. The molecule has 1 aliphatic rings. The minimum Gasteiger partial charge on any atom is -0.379 e. The SMILES string of the molecule is CN=C(NCc1ccccc1CN1CCOCC1)NCc1ccccc1[N+](=O)[O-]. The number of guanidine groups is 1. The Bertz CT molecular complexity index is 850. The average molecular weight is 397 g/mol. The van der Waals surface area contributed by atoms with E-state index in [1.165, 1.54) is 17.2 Å². The monoisotopic (exact) mass is 397 g/mol. The maximum atomic E-state index is 11.2. The number of rotatable bonds is 7. The Morgan fingerprint density at radius 2 is 1.62 bits per heavy atom. The van der Waals surface area contributed by atoms with E-state index in [-0.39, 0.29) is 10.6 Å². The predicted octanol–water partition coefficient (Wildman–Crippen LogP) is 2.29. The van der Waals surface area contributed by atoms with Gasteiger partial charge in [0.15, 0.2) is 5.96 Å². The van der Waals surface area contributed by atoms with Gasteiger partial charge in [-0.1, -0.05) is 42.5 Å². The van der Waals surface area contributed by atoms with Crippen molar-refractivity contribution in [1.29, 1.82) is 0 Å². The molecule has 2 N–H and O–H groups in total. The number of morpholine rings is 1. The number of aliphatic imine (C=N–C) groups is 1. The topological polar surface area (TPSA) is 92.0 Å². The van der Waals surface area contributed by atoms with Gasteiger partial charge in [0.2, 0.25) is 0 Å². The highest BCUT2D eigenvalue weighted by Crippen LogP contribution is 2.17. The second kappa shape index (κ2) is 10.5. The van der Waals surface area contributed by atoms with Gasteiger partial charge in [0.05, 0.1) is 18.1 Å². The first-order chi connectivity index (χ1) is 14.2. The molecule has 0 radical (unpaired) electrons. The molecular weight excluding hydrogens is 370 g/mol. The van der Waals surface area contributed by atoms with E-state index in [0.29, 0.717) is 24.6 Å². The summed E-state index contributed by atoms with van der Waals surface area (Å²) in [7, 11) is 1.69. The Morgan fingerprint density at radius 3 is 2.28 bits per heavy atom. The van der Waals surface area contributed by atoms with Crippen LogP contribution in [0.1, 0.15) is 16.7 Å². The van der Waals surface area contributed by atoms with E-state index in [9.17, 15) is 10.1 Å². The summed E-state index contributed by atoms with van der Waals surface area (Å²) in [6, 6.07) is 15.1. The molecular formula is C21H27N5O3. The Hall–Kier alpha value is -2.97. The van der Waals surface area contributed by atoms with Crippen LogP contribution in [0, 0.1) is 10.1 Å². The number of para-hydroxylation sites is 1. The van der Waals surface area contributed by atoms with Gasteiger partial charge in [-0.3, -0.25) is 20.0 Å². The summed E-state index contributed by atoms with van der Waals surface area (Å²) in [5.74, 6) is 0.601. The Morgan fingerprint density at radius 1 is 1.03 bits per heavy atom. The summed E-state index contributed by atoms with van der Waals surface area (Å²) in [5, 5.41) is 17.6. The Balaban J connectivity index is 1.58. The highest BCUT2D eigenvalue weighted by atomic mass is 16.6. The fourth-order valence-corrected chi connectivity index (χ4v) is 3.30. The molecule has 0 unspecified atom stereocenters. The maximum Gasteiger partial charge on any atom is 0.274 e. The molecule has 0 saturated carbocycles. The van der Waals surface area contributed by atoms with E-state index in [1.807, 2.05) is 6.07 Å². The lowest BCUT2D eigenvalue weighted by Crippen LogP contribution is -2.37. The summed E-state index contributed by atoms with van der Waals surface area (Å²) < 4.78 is 5.43. The molecule has 2 aromatic rings. The maximum absolute atomic E-state index is 11.2. The Kier molecular flexibility index (Phi) is 7.54. The van der Waals surface area contributed by atoms with Gasteiger partial charge in [0, 0.05) is 51.4 Å². The molecule has 0 aliphatic carbocycles. The van der Waals surface area contributed by atoms with E-state index in [2.05, 4.69) is 38.7 Å². The van der Waals surface area contributed by atoms with Crippen LogP contribution in [-0.2, 0) is 24.4 Å². The summed E-state index contributed by atoms with van der Waals surface area (Å²) in [6.45, 7) is 5.29. The summed E-state index contributed by atoms with van der Waals surface area (Å²) in [6.07, 6.45) is 0. The first-order valence-corrected chi connectivity index (χ1v) is 9.71. The number of benzene rings is 2. The molecule has 2 aromatic carbocycles. The first-order valence-electron chi connectivity index (χ1n) is 9.71. The zero-order chi connectivity index (χ0) is 20.5. The van der Waals surface area contributed by atoms with Crippen LogP contribution in [-0.4, -0.2) is 49.1 Å². The molecule has 1 fully saturated rings. The van der Waals surface area contributed by atoms with Crippen molar-refractivity contribution < 1.29 is 9.66 Å². The molecule has 1 saturated heterocycles. The number of hydrogen-bond donors (Lipinski definition) is 2. The molecule has 0 bridgehead atoms. The number of nitro benzene ring substituents is 1. The van der Waals surface area contributed by atoms with Crippen molar-refractivity contribution in [3.05, 3.63) is 75.3 Å². The van der Waals surface area contributed by atoms with Crippen LogP contribution < -0.4 is 10.6 Å². The Labute approximate surface area is 170 Å². The summed E-state index contributed by atoms with van der Waals surface area (Å²) >= 11 is 0. The fourth-order valence-electron chi connectivity index (χ4n) is 3.30. The van der Waals surface area contributed by atoms with Gasteiger partial charge in [-0.25, -0.2) is 0 Å². The summed E-state index contributed by atoms with van der Waals surface area (Å²) in [4.78, 5) is 17.4. The predicted molar refractivity (Wildman–Crippen MR) is 113 cm³/mol. The quantitative estimate of drug-likeness (QED) is 0.322. The van der Waals surface area contributed by atoms with Gasteiger partial charge in [-0.15, -0.1) is 0 Å². The van der Waals surface area contributed by atoms with Crippen LogP contribution in [0.25, 0.3) is 0 Å². The van der Waals surface area contributed by atoms with Crippen molar-refractivity contribution in [3.63, 3.8) is 0 Å². The van der Waals surface area contributed by atoms with Crippen molar-refractivity contribution in [2.45, 2.75) is 19.6 Å². The highest BCUT2D eigenvalue weighted by Gasteiger charge is 2.14. The van der Waals surface area contributed by atoms with Crippen LogP contribution >= 0.6 is 0 Å². The van der Waals surface area contributed by atoms with Crippen LogP contribution in [0.15, 0.2) is 53.5 Å². The van der Waals surface area contributed by atoms with Crippen molar-refractivity contribution in [2.24, 2.45) is 4.99 Å². The molecule has 0 spiro atoms. The second-order valence-corrected chi connectivity index (χ2v) is 6.82. The van der Waals surface area contributed by atoms with Gasteiger partial charge in [0.25, 0.3) is 5.69 Å². The molecule has 0 amide bonds. The molecule has 1 aliphatic heterocycles. The van der Waals surface area contributed by atoms with Crippen molar-refractivity contribution in [3.8, 4) is 0 Å². The van der Waals surface area contributed by atoms with Gasteiger partial charge >= 0.3 is 0 Å². The standard InChI is InChI=1S/C21H27N5O3/c1-22-21(24-15-18-7-4-5-9-20(18)26(27)28)23-14-17-6-2-3-8-19(17)16-25-10-12-29-13-11-25/h2-9H,10-16H2,1H3,(H2,22,23,24). The van der Waals surface area contributed by atoms with E-state index in [0.717, 1.165) is 32.8 Å². The fraction of sp³-hybridized carbons (Fsp3) is 0.381. The third-order valence-electron chi connectivity index (χ3n) is 4.92. The van der Waals surface area contributed by atoms with E-state index >= 15 is 0 Å². The van der Waals surface area contributed by atoms with E-state index in [4.69, 9.17) is 4.74 Å². The first kappa shape index (κ1) is 20.8. The average Bonchev–Trinajstić information content (AvgIpc) is 2.76. The van der Waals surface area contributed by atoms with Crippen LogP contribution in [0.5, 0.6) is 0 Å². The number of nitrogens with zero attached hydrogens (tertiary/aromatic N) is 3. The lowest BCUT2D eigenvalue weighted by atomic mass is 10.1. The van der Waals surface area contributed by atoms with Crippen molar-refractivity contribution in [1.82, 2.24) is 15.5 Å². The van der Waals surface area contributed by atoms with Crippen LogP contribution in [0.2, 0.25) is 0 Å². The lowest BCUT2D eigenvalue weighted by molar-refractivity contribution is -0.385. The van der Waals surface area contributed by atoms with Crippen LogP contribution in [0.4, 0.5) is 5.69 Å². The third-order valence-corrected chi connectivity index (χ3v) is 4.92. The van der Waals surface area contributed by atoms with Gasteiger partial charge in [-0.05, 0) is 11.1 Å². The molecule has 0 atom stereocenters. The number of nitrogens with one attached hydrogen (secondary N) is 2. The molecule has 3 rings (SSSR count). The second-order valence-electron chi connectivity index (χ2n) is 6.82. The van der Waals surface area contributed by atoms with Crippen molar-refractivity contribution >= 4 is 11.6 Å². The van der Waals surface area contributed by atoms with E-state index < -0.39 is 0 Å². The largest absolute Gasteiger partial charge is 0.379 e. The summed E-state index contributed by atoms with van der Waals surface area (Å²) in [5.41, 5.74) is 3.20. The van der Waals surface area contributed by atoms with Gasteiger partial charge < -0.3 is 15.4 Å². The third kappa shape index (κ3) is 6.00. The minimum absolute atomic E-state index is 0.103. The zero-order valence-corrected chi connectivity index (χ0v) is 16.6. The van der Waals surface area contributed by atoms with Gasteiger partial charge in [-0.2, -0.15) is 0 Å². The molecule has 29 heavy (non-hydrogen) atoms.